The first-order valence-electron chi connectivity index (χ1n) is 7.20. The van der Waals surface area contributed by atoms with Crippen LogP contribution >= 0.6 is 0 Å². The molecule has 0 aliphatic heterocycles. The monoisotopic (exact) mass is 286 g/mol. The number of phenolic OH excluding ortho intramolecular Hbond substituents is 1. The van der Waals surface area contributed by atoms with E-state index in [0.29, 0.717) is 11.3 Å². The van der Waals surface area contributed by atoms with Crippen LogP contribution in [0.5, 0.6) is 5.75 Å². The molecule has 3 aromatic carbocycles. The zero-order valence-corrected chi connectivity index (χ0v) is 11.9. The molecule has 0 atom stereocenters. The summed E-state index contributed by atoms with van der Waals surface area (Å²) >= 11 is 0. The van der Waals surface area contributed by atoms with Crippen LogP contribution in [0.15, 0.2) is 83.3 Å². The van der Waals surface area contributed by atoms with E-state index in [2.05, 4.69) is 0 Å². The SMILES string of the molecule is Oc1ccccc1-c1oc(-c2ccccc2)c2ccccc12. The first-order valence-corrected chi connectivity index (χ1v) is 7.20. The molecule has 22 heavy (non-hydrogen) atoms. The van der Waals surface area contributed by atoms with Crippen molar-refractivity contribution < 1.29 is 9.52 Å². The summed E-state index contributed by atoms with van der Waals surface area (Å²) in [5, 5.41) is 12.2. The normalized spacial score (nSPS) is 10.9. The highest BCUT2D eigenvalue weighted by molar-refractivity contribution is 6.03. The van der Waals surface area contributed by atoms with Gasteiger partial charge in [0.1, 0.15) is 17.3 Å². The van der Waals surface area contributed by atoms with Gasteiger partial charge in [-0.1, -0.05) is 66.7 Å². The third-order valence-corrected chi connectivity index (χ3v) is 3.81. The lowest BCUT2D eigenvalue weighted by Crippen LogP contribution is -1.76. The van der Waals surface area contributed by atoms with Crippen molar-refractivity contribution in [1.82, 2.24) is 0 Å². The van der Waals surface area contributed by atoms with Gasteiger partial charge in [0.25, 0.3) is 0 Å². The Bertz CT molecular complexity index is 936. The molecule has 1 heterocycles. The van der Waals surface area contributed by atoms with Crippen molar-refractivity contribution in [3.05, 3.63) is 78.9 Å². The predicted octanol–water partition coefficient (Wildman–Crippen LogP) is 5.47. The average Bonchev–Trinajstić information content (AvgIpc) is 2.96. The Morgan fingerprint density at radius 3 is 1.91 bits per heavy atom. The number of fused-ring (bicyclic) bond motifs is 1. The summed E-state index contributed by atoms with van der Waals surface area (Å²) in [5.41, 5.74) is 1.74. The smallest absolute Gasteiger partial charge is 0.146 e. The fourth-order valence-electron chi connectivity index (χ4n) is 2.76. The number of rotatable bonds is 2. The molecule has 0 radical (unpaired) electrons. The molecule has 0 aliphatic rings. The molecule has 0 saturated heterocycles. The first-order chi connectivity index (χ1) is 10.8. The Hall–Kier alpha value is -3.00. The third kappa shape index (κ3) is 1.97. The van der Waals surface area contributed by atoms with Gasteiger partial charge in [0.15, 0.2) is 0 Å². The molecule has 0 aliphatic carbocycles. The molecule has 0 saturated carbocycles. The Labute approximate surface area is 128 Å². The molecule has 1 N–H and O–H groups in total. The summed E-state index contributed by atoms with van der Waals surface area (Å²) in [6.45, 7) is 0. The minimum Gasteiger partial charge on any atom is -0.507 e. The number of aromatic hydroxyl groups is 1. The number of hydrogen-bond donors (Lipinski definition) is 1. The Balaban J connectivity index is 2.04. The van der Waals surface area contributed by atoms with Crippen molar-refractivity contribution in [2.75, 3.05) is 0 Å². The molecule has 1 aromatic heterocycles. The molecule has 0 spiro atoms. The van der Waals surface area contributed by atoms with E-state index in [0.717, 1.165) is 22.1 Å². The summed E-state index contributed by atoms with van der Waals surface area (Å²) in [5.74, 6) is 1.75. The van der Waals surface area contributed by atoms with E-state index < -0.39 is 0 Å². The van der Waals surface area contributed by atoms with Gasteiger partial charge in [0.2, 0.25) is 0 Å². The maximum Gasteiger partial charge on any atom is 0.146 e. The van der Waals surface area contributed by atoms with Gasteiger partial charge in [0.05, 0.1) is 5.56 Å². The lowest BCUT2D eigenvalue weighted by molar-refractivity contribution is 0.474. The molecule has 0 unspecified atom stereocenters. The van der Waals surface area contributed by atoms with Crippen LogP contribution in [0, 0.1) is 0 Å². The lowest BCUT2D eigenvalue weighted by atomic mass is 10.0. The summed E-state index contributed by atoms with van der Waals surface area (Å²) in [7, 11) is 0. The molecule has 0 amide bonds. The van der Waals surface area contributed by atoms with Gasteiger partial charge in [-0.05, 0) is 12.1 Å². The zero-order chi connectivity index (χ0) is 14.9. The van der Waals surface area contributed by atoms with Crippen LogP contribution < -0.4 is 0 Å². The van der Waals surface area contributed by atoms with Crippen molar-refractivity contribution in [2.45, 2.75) is 0 Å². The van der Waals surface area contributed by atoms with Gasteiger partial charge < -0.3 is 9.52 Å². The van der Waals surface area contributed by atoms with E-state index in [-0.39, 0.29) is 5.75 Å². The first kappa shape index (κ1) is 12.7. The molecule has 106 valence electrons. The van der Waals surface area contributed by atoms with Gasteiger partial charge in [-0.15, -0.1) is 0 Å². The van der Waals surface area contributed by atoms with Crippen molar-refractivity contribution in [3.8, 4) is 28.4 Å². The van der Waals surface area contributed by atoms with Gasteiger partial charge in [-0.3, -0.25) is 0 Å². The number of para-hydroxylation sites is 1. The molecule has 0 fully saturated rings. The van der Waals surface area contributed by atoms with Crippen molar-refractivity contribution in [3.63, 3.8) is 0 Å². The summed E-state index contributed by atoms with van der Waals surface area (Å²) in [4.78, 5) is 0. The minimum atomic E-state index is 0.224. The highest BCUT2D eigenvalue weighted by atomic mass is 16.3. The van der Waals surface area contributed by atoms with Crippen LogP contribution in [0.1, 0.15) is 0 Å². The molecule has 4 aromatic rings. The maximum absolute atomic E-state index is 10.1. The summed E-state index contributed by atoms with van der Waals surface area (Å²) < 4.78 is 6.16. The van der Waals surface area contributed by atoms with Crippen LogP contribution in [-0.2, 0) is 0 Å². The van der Waals surface area contributed by atoms with Crippen molar-refractivity contribution >= 4 is 10.8 Å². The third-order valence-electron chi connectivity index (χ3n) is 3.81. The van der Waals surface area contributed by atoms with Crippen molar-refractivity contribution in [1.29, 1.82) is 0 Å². The number of furan rings is 1. The van der Waals surface area contributed by atoms with Crippen LogP contribution in [0.25, 0.3) is 33.4 Å². The van der Waals surface area contributed by atoms with Gasteiger partial charge in [-0.2, -0.15) is 0 Å². The lowest BCUT2D eigenvalue weighted by Gasteiger charge is -2.01. The Morgan fingerprint density at radius 2 is 1.18 bits per heavy atom. The quantitative estimate of drug-likeness (QED) is 0.530. The van der Waals surface area contributed by atoms with Crippen molar-refractivity contribution in [2.24, 2.45) is 0 Å². The van der Waals surface area contributed by atoms with Gasteiger partial charge in [0, 0.05) is 16.3 Å². The number of hydrogen-bond acceptors (Lipinski definition) is 2. The zero-order valence-electron chi connectivity index (χ0n) is 11.9. The summed E-state index contributed by atoms with van der Waals surface area (Å²) in [6.07, 6.45) is 0. The standard InChI is InChI=1S/C20H14O2/c21-18-13-7-6-12-17(18)20-16-11-5-4-10-15(16)19(22-20)14-8-2-1-3-9-14/h1-13,21H. The Kier molecular flexibility index (Phi) is 2.94. The van der Waals surface area contributed by atoms with Gasteiger partial charge >= 0.3 is 0 Å². The Morgan fingerprint density at radius 1 is 0.591 bits per heavy atom. The summed E-state index contributed by atoms with van der Waals surface area (Å²) in [6, 6.07) is 25.3. The van der Waals surface area contributed by atoms with E-state index in [1.165, 1.54) is 0 Å². The number of phenols is 1. The molecule has 2 heteroatoms. The number of benzene rings is 3. The second kappa shape index (κ2) is 5.08. The molecule has 2 nitrogen and oxygen atoms in total. The molecular weight excluding hydrogens is 272 g/mol. The molecule has 0 bridgehead atoms. The van der Waals surface area contributed by atoms with E-state index in [4.69, 9.17) is 4.42 Å². The van der Waals surface area contributed by atoms with E-state index in [9.17, 15) is 5.11 Å². The largest absolute Gasteiger partial charge is 0.507 e. The highest BCUT2D eigenvalue weighted by Crippen LogP contribution is 2.41. The predicted molar refractivity (Wildman–Crippen MR) is 88.8 cm³/mol. The van der Waals surface area contributed by atoms with Crippen LogP contribution in [0.4, 0.5) is 0 Å². The molecular formula is C20H14O2. The fraction of sp³-hybridized carbons (Fsp3) is 0. The molecule has 4 rings (SSSR count). The average molecular weight is 286 g/mol. The van der Waals surface area contributed by atoms with Crippen LogP contribution in [0.2, 0.25) is 0 Å². The fourth-order valence-corrected chi connectivity index (χ4v) is 2.76. The minimum absolute atomic E-state index is 0.224. The maximum atomic E-state index is 10.1. The van der Waals surface area contributed by atoms with E-state index >= 15 is 0 Å². The van der Waals surface area contributed by atoms with Gasteiger partial charge in [-0.25, -0.2) is 0 Å². The van der Waals surface area contributed by atoms with Crippen LogP contribution in [0.3, 0.4) is 0 Å². The topological polar surface area (TPSA) is 33.4 Å². The second-order valence-electron chi connectivity index (χ2n) is 5.19. The highest BCUT2D eigenvalue weighted by Gasteiger charge is 2.17. The van der Waals surface area contributed by atoms with Crippen LogP contribution in [-0.4, -0.2) is 5.11 Å². The second-order valence-corrected chi connectivity index (χ2v) is 5.19. The van der Waals surface area contributed by atoms with E-state index in [1.54, 1.807) is 6.07 Å². The van der Waals surface area contributed by atoms with E-state index in [1.807, 2.05) is 72.8 Å².